The van der Waals surface area contributed by atoms with E-state index in [9.17, 15) is 28.2 Å². The molecule has 0 atom stereocenters. The fourth-order valence-corrected chi connectivity index (χ4v) is 5.41. The molecule has 0 fully saturated rings. The van der Waals surface area contributed by atoms with Gasteiger partial charge < -0.3 is 24.7 Å². The fraction of sp³-hybridized carbons (Fsp3) is 0.387. The van der Waals surface area contributed by atoms with Gasteiger partial charge in [0.1, 0.15) is 12.0 Å². The number of carbonyl (C=O) groups is 1. The molecule has 1 aliphatic heterocycles. The maximum atomic E-state index is 13.6. The molecule has 14 nitrogen and oxygen atoms in total. The van der Waals surface area contributed by atoms with Gasteiger partial charge in [-0.25, -0.2) is 19.9 Å². The van der Waals surface area contributed by atoms with Gasteiger partial charge in [-0.2, -0.15) is 23.5 Å². The number of aliphatic hydroxyl groups is 2. The topological polar surface area (TPSA) is 181 Å². The SMILES string of the molecule is CCN1C(=O)CN(CCOCCN(c2ccc(C#N)c(C(F)(F)F)c2)C(CO)CO)c2ncc(-c3ccc(-c4nc[nH]n4)nc3C)nc21. The van der Waals surface area contributed by atoms with Crippen LogP contribution < -0.4 is 14.7 Å². The highest BCUT2D eigenvalue weighted by Crippen LogP contribution is 2.35. The summed E-state index contributed by atoms with van der Waals surface area (Å²) in [5.41, 5.74) is 0.947. The van der Waals surface area contributed by atoms with Crippen molar-refractivity contribution >= 4 is 23.2 Å². The number of rotatable bonds is 13. The summed E-state index contributed by atoms with van der Waals surface area (Å²) in [6.07, 6.45) is -1.69. The zero-order valence-electron chi connectivity index (χ0n) is 26.1. The summed E-state index contributed by atoms with van der Waals surface area (Å²) in [4.78, 5) is 36.0. The predicted molar refractivity (Wildman–Crippen MR) is 168 cm³/mol. The Bertz CT molecular complexity index is 1780. The molecule has 1 aliphatic rings. The smallest absolute Gasteiger partial charge is 0.394 e. The van der Waals surface area contributed by atoms with Gasteiger partial charge in [-0.3, -0.25) is 14.8 Å². The van der Waals surface area contributed by atoms with Crippen LogP contribution in [0.4, 0.5) is 30.5 Å². The summed E-state index contributed by atoms with van der Waals surface area (Å²) in [7, 11) is 0. The van der Waals surface area contributed by atoms with Crippen LogP contribution in [0.3, 0.4) is 0 Å². The molecule has 0 aliphatic carbocycles. The van der Waals surface area contributed by atoms with Gasteiger partial charge in [0.15, 0.2) is 17.5 Å². The Morgan fingerprint density at radius 1 is 1.10 bits per heavy atom. The third kappa shape index (κ3) is 7.20. The lowest BCUT2D eigenvalue weighted by Gasteiger charge is -2.35. The Labute approximate surface area is 273 Å². The first-order chi connectivity index (χ1) is 23.1. The molecule has 5 rings (SSSR count). The number of hydrogen-bond acceptors (Lipinski definition) is 12. The minimum absolute atomic E-state index is 0.0221. The number of halogens is 3. The van der Waals surface area contributed by atoms with Crippen molar-refractivity contribution < 1.29 is 32.9 Å². The number of aromatic amines is 1. The first-order valence-electron chi connectivity index (χ1n) is 15.0. The normalized spacial score (nSPS) is 13.2. The van der Waals surface area contributed by atoms with E-state index in [0.29, 0.717) is 41.1 Å². The van der Waals surface area contributed by atoms with E-state index in [0.717, 1.165) is 17.7 Å². The van der Waals surface area contributed by atoms with Crippen LogP contribution in [0.5, 0.6) is 0 Å². The molecule has 4 heterocycles. The number of ether oxygens (including phenoxy) is 1. The Kier molecular flexibility index (Phi) is 10.5. The molecule has 1 amide bonds. The lowest BCUT2D eigenvalue weighted by molar-refractivity contribution is -0.137. The van der Waals surface area contributed by atoms with E-state index >= 15 is 0 Å². The zero-order chi connectivity index (χ0) is 34.4. The number of H-pyrrole nitrogens is 1. The monoisotopic (exact) mass is 666 g/mol. The average molecular weight is 667 g/mol. The fourth-order valence-electron chi connectivity index (χ4n) is 5.41. The molecule has 0 bridgehead atoms. The molecule has 0 saturated carbocycles. The Morgan fingerprint density at radius 3 is 2.54 bits per heavy atom. The predicted octanol–water partition coefficient (Wildman–Crippen LogP) is 2.57. The number of hydrogen-bond donors (Lipinski definition) is 3. The average Bonchev–Trinajstić information content (AvgIpc) is 3.62. The molecule has 0 unspecified atom stereocenters. The van der Waals surface area contributed by atoms with Crippen LogP contribution in [-0.2, 0) is 15.7 Å². The molecule has 48 heavy (non-hydrogen) atoms. The van der Waals surface area contributed by atoms with Crippen molar-refractivity contribution in [3.05, 3.63) is 59.7 Å². The van der Waals surface area contributed by atoms with Gasteiger partial charge >= 0.3 is 6.18 Å². The van der Waals surface area contributed by atoms with Crippen LogP contribution in [0, 0.1) is 18.3 Å². The van der Waals surface area contributed by atoms with Gasteiger partial charge in [0.05, 0.1) is 68.1 Å². The van der Waals surface area contributed by atoms with Gasteiger partial charge in [0.25, 0.3) is 0 Å². The third-order valence-electron chi connectivity index (χ3n) is 7.84. The van der Waals surface area contributed by atoms with E-state index < -0.39 is 36.6 Å². The largest absolute Gasteiger partial charge is 0.417 e. The second-order valence-electron chi connectivity index (χ2n) is 10.8. The number of benzene rings is 1. The van der Waals surface area contributed by atoms with Crippen molar-refractivity contribution in [3.63, 3.8) is 0 Å². The molecule has 3 aromatic heterocycles. The minimum atomic E-state index is -4.77. The number of nitrogens with zero attached hydrogens (tertiary/aromatic N) is 9. The Balaban J connectivity index is 1.28. The van der Waals surface area contributed by atoms with Crippen LogP contribution in [-0.4, -0.2) is 105 Å². The van der Waals surface area contributed by atoms with Gasteiger partial charge in [-0.1, -0.05) is 0 Å². The molecule has 17 heteroatoms. The summed E-state index contributed by atoms with van der Waals surface area (Å²) in [6, 6.07) is 7.47. The van der Waals surface area contributed by atoms with E-state index in [-0.39, 0.29) is 44.4 Å². The van der Waals surface area contributed by atoms with E-state index in [1.165, 1.54) is 17.3 Å². The highest BCUT2D eigenvalue weighted by atomic mass is 19.4. The Morgan fingerprint density at radius 2 is 1.90 bits per heavy atom. The number of amides is 1. The lowest BCUT2D eigenvalue weighted by atomic mass is 10.1. The minimum Gasteiger partial charge on any atom is -0.394 e. The van der Waals surface area contributed by atoms with Crippen LogP contribution in [0.1, 0.15) is 23.7 Å². The number of fused-ring (bicyclic) bond motifs is 1. The van der Waals surface area contributed by atoms with Crippen molar-refractivity contribution in [3.8, 4) is 28.8 Å². The molecular formula is C31H33F3N10O4. The molecule has 4 aromatic rings. The number of carbonyl (C=O) groups excluding carboxylic acids is 1. The summed E-state index contributed by atoms with van der Waals surface area (Å²) in [5.74, 6) is 1.17. The summed E-state index contributed by atoms with van der Waals surface area (Å²) >= 11 is 0. The maximum absolute atomic E-state index is 13.6. The highest BCUT2D eigenvalue weighted by Gasteiger charge is 2.35. The van der Waals surface area contributed by atoms with E-state index in [1.54, 1.807) is 28.1 Å². The Hall–Kier alpha value is -5.18. The van der Waals surface area contributed by atoms with E-state index in [2.05, 4.69) is 25.1 Å². The number of alkyl halides is 3. The third-order valence-corrected chi connectivity index (χ3v) is 7.84. The van der Waals surface area contributed by atoms with Gasteiger partial charge in [0.2, 0.25) is 5.91 Å². The second-order valence-corrected chi connectivity index (χ2v) is 10.8. The number of aliphatic hydroxyl groups excluding tert-OH is 2. The first-order valence-corrected chi connectivity index (χ1v) is 15.0. The number of anilines is 3. The van der Waals surface area contributed by atoms with Crippen molar-refractivity contribution in [1.29, 1.82) is 5.26 Å². The number of aromatic nitrogens is 6. The number of likely N-dealkylation sites (N-methyl/N-ethyl adjacent to an activating group) is 1. The van der Waals surface area contributed by atoms with Crippen LogP contribution in [0.25, 0.3) is 22.8 Å². The molecular weight excluding hydrogens is 633 g/mol. The molecule has 0 radical (unpaired) electrons. The van der Waals surface area contributed by atoms with Crippen molar-refractivity contribution in [2.75, 3.05) is 67.3 Å². The number of pyridine rings is 1. The lowest BCUT2D eigenvalue weighted by Crippen LogP contribution is -2.48. The van der Waals surface area contributed by atoms with Crippen LogP contribution in [0.15, 0.2) is 42.9 Å². The quantitative estimate of drug-likeness (QED) is 0.178. The van der Waals surface area contributed by atoms with Gasteiger partial charge in [-0.15, -0.1) is 0 Å². The summed E-state index contributed by atoms with van der Waals surface area (Å²) in [6.45, 7) is 3.48. The molecule has 3 N–H and O–H groups in total. The molecule has 0 spiro atoms. The molecule has 252 valence electrons. The second kappa shape index (κ2) is 14.7. The first kappa shape index (κ1) is 34.2. The summed E-state index contributed by atoms with van der Waals surface area (Å²) in [5, 5.41) is 35.5. The number of nitriles is 1. The number of nitrogens with one attached hydrogen (secondary N) is 1. The van der Waals surface area contributed by atoms with Crippen molar-refractivity contribution in [2.45, 2.75) is 26.1 Å². The van der Waals surface area contributed by atoms with E-state index in [4.69, 9.17) is 15.0 Å². The van der Waals surface area contributed by atoms with Gasteiger partial charge in [-0.05, 0) is 44.2 Å². The van der Waals surface area contributed by atoms with Crippen molar-refractivity contribution in [1.82, 2.24) is 30.1 Å². The van der Waals surface area contributed by atoms with E-state index in [1.807, 2.05) is 19.9 Å². The standard InChI is InChI=1S/C31H33F3N10O4/c1-3-43-27(47)15-42(29-30(43)40-26(14-36-29)23-6-7-25(39-19(23)2)28-37-18-38-41-28)8-10-48-11-9-44(22(16-45)17-46)21-5-4-20(13-35)24(12-21)31(32,33)34/h4-7,12,14,18,22,45-46H,3,8-11,15-17H2,1-2H3,(H,37,38,41). The van der Waals surface area contributed by atoms with Gasteiger partial charge in [0, 0.05) is 36.6 Å². The maximum Gasteiger partial charge on any atom is 0.417 e. The van der Waals surface area contributed by atoms with Crippen molar-refractivity contribution in [2.24, 2.45) is 0 Å². The zero-order valence-corrected chi connectivity index (χ0v) is 26.1. The highest BCUT2D eigenvalue weighted by molar-refractivity contribution is 6.01. The van der Waals surface area contributed by atoms with Crippen LogP contribution >= 0.6 is 0 Å². The summed E-state index contributed by atoms with van der Waals surface area (Å²) < 4.78 is 46.6. The number of aryl methyl sites for hydroxylation is 1. The van der Waals surface area contributed by atoms with Crippen LogP contribution in [0.2, 0.25) is 0 Å². The molecule has 0 saturated heterocycles. The molecule has 1 aromatic carbocycles.